The molecule has 3 heterocycles. The number of carbonyl (C=O) groups is 4. The van der Waals surface area contributed by atoms with Crippen LogP contribution < -0.4 is 56.2 Å². The molecule has 0 spiro atoms. The van der Waals surface area contributed by atoms with E-state index in [-0.39, 0.29) is 58.2 Å². The summed E-state index contributed by atoms with van der Waals surface area (Å²) < 4.78 is 0. The summed E-state index contributed by atoms with van der Waals surface area (Å²) in [7, 11) is 0. The summed E-state index contributed by atoms with van der Waals surface area (Å²) in [6, 6.07) is 1.59. The molecule has 3 atom stereocenters. The van der Waals surface area contributed by atoms with Gasteiger partial charge in [0.25, 0.3) is 11.5 Å². The second kappa shape index (κ2) is 11.0. The van der Waals surface area contributed by atoms with Crippen LogP contribution in [0, 0.1) is 0 Å². The smallest absolute Gasteiger partial charge is 0.543 e. The van der Waals surface area contributed by atoms with Crippen molar-refractivity contribution in [2.75, 3.05) is 10.7 Å². The van der Waals surface area contributed by atoms with Gasteiger partial charge in [0.2, 0.25) is 5.91 Å². The van der Waals surface area contributed by atoms with Crippen LogP contribution in [0.2, 0.25) is 0 Å². The van der Waals surface area contributed by atoms with Crippen LogP contribution in [0.1, 0.15) is 43.1 Å². The molecule has 4 amide bonds. The van der Waals surface area contributed by atoms with Gasteiger partial charge in [0.05, 0.1) is 17.9 Å². The van der Waals surface area contributed by atoms with Crippen molar-refractivity contribution >= 4 is 41.3 Å². The van der Waals surface area contributed by atoms with Crippen molar-refractivity contribution in [3.63, 3.8) is 0 Å². The van der Waals surface area contributed by atoms with E-state index in [1.807, 2.05) is 0 Å². The number of aromatic nitrogens is 2. The molecule has 1 saturated carbocycles. The molecule has 39 heavy (non-hydrogen) atoms. The minimum absolute atomic E-state index is 0. The predicted molar refractivity (Wildman–Crippen MR) is 132 cm³/mol. The fourth-order valence-electron chi connectivity index (χ4n) is 4.59. The zero-order chi connectivity index (χ0) is 27.3. The number of anilines is 1. The van der Waals surface area contributed by atoms with Gasteiger partial charge in [-0.1, -0.05) is 12.1 Å². The van der Waals surface area contributed by atoms with Gasteiger partial charge in [-0.05, 0) is 43.0 Å². The van der Waals surface area contributed by atoms with E-state index < -0.39 is 46.8 Å². The first kappa shape index (κ1) is 28.7. The summed E-state index contributed by atoms with van der Waals surface area (Å²) in [6.07, 6.45) is 2.92. The number of H-pyrrole nitrogens is 1. The molecule has 2 aromatic rings. The van der Waals surface area contributed by atoms with Crippen molar-refractivity contribution in [3.8, 4) is 5.75 Å². The van der Waals surface area contributed by atoms with E-state index in [1.54, 1.807) is 6.92 Å². The Bertz CT molecular complexity index is 1440. The van der Waals surface area contributed by atoms with Crippen LogP contribution in [0.15, 0.2) is 46.5 Å². The maximum Gasteiger partial charge on any atom is 1.00 e. The van der Waals surface area contributed by atoms with Gasteiger partial charge in [-0.3, -0.25) is 24.2 Å². The second-order valence-corrected chi connectivity index (χ2v) is 10.4. The maximum atomic E-state index is 13.7. The number of hydrogen-bond acceptors (Lipinski definition) is 9. The normalized spacial score (nSPS) is 20.7. The largest absolute Gasteiger partial charge is 1.00 e. The number of primary amides is 1. The molecule has 2 unspecified atom stereocenters. The monoisotopic (exact) mass is 562 g/mol. The first-order valence-corrected chi connectivity index (χ1v) is 12.8. The van der Waals surface area contributed by atoms with Crippen molar-refractivity contribution in [2.24, 2.45) is 5.73 Å². The summed E-state index contributed by atoms with van der Waals surface area (Å²) in [5, 5.41) is 23.2. The Hall–Kier alpha value is -3.33. The number of urea groups is 1. The van der Waals surface area contributed by atoms with Crippen LogP contribution in [0.3, 0.4) is 0 Å². The Kier molecular flexibility index (Phi) is 8.12. The van der Waals surface area contributed by atoms with E-state index in [2.05, 4.69) is 15.3 Å². The van der Waals surface area contributed by atoms with Gasteiger partial charge in [-0.2, -0.15) is 0 Å². The third kappa shape index (κ3) is 5.29. The summed E-state index contributed by atoms with van der Waals surface area (Å²) in [4.78, 5) is 72.5. The quantitative estimate of drug-likeness (QED) is 0.194. The minimum atomic E-state index is -1.52. The van der Waals surface area contributed by atoms with Crippen molar-refractivity contribution in [2.45, 2.75) is 43.1 Å². The molecular weight excluding hydrogens is 539 g/mol. The van der Waals surface area contributed by atoms with Gasteiger partial charge in [0.1, 0.15) is 34.7 Å². The Morgan fingerprint density at radius 3 is 2.49 bits per heavy atom. The Balaban J connectivity index is 0.00000353. The molecular formula is C24H23N6NaO7S. The third-order valence-corrected chi connectivity index (χ3v) is 8.05. The summed E-state index contributed by atoms with van der Waals surface area (Å²) in [6.45, 7) is 1.58. The van der Waals surface area contributed by atoms with Crippen LogP contribution >= 0.6 is 11.8 Å². The van der Waals surface area contributed by atoms with Crippen molar-refractivity contribution in [1.29, 1.82) is 0 Å². The second-order valence-electron chi connectivity index (χ2n) is 9.27. The average molecular weight is 563 g/mol. The van der Waals surface area contributed by atoms with E-state index in [0.29, 0.717) is 17.2 Å². The van der Waals surface area contributed by atoms with Crippen LogP contribution in [0.25, 0.3) is 0 Å². The van der Waals surface area contributed by atoms with Gasteiger partial charge in [0, 0.05) is 11.7 Å². The summed E-state index contributed by atoms with van der Waals surface area (Å²) in [5.74, 6) is -2.19. The topological polar surface area (TPSA) is 202 Å². The molecule has 1 saturated heterocycles. The van der Waals surface area contributed by atoms with E-state index in [4.69, 9.17) is 5.73 Å². The van der Waals surface area contributed by atoms with Crippen LogP contribution in [-0.4, -0.2) is 61.0 Å². The number of phenolic OH excluding ortho intramolecular Hbond substituents is 1. The fraction of sp³-hybridized carbons (Fsp3) is 0.333. The van der Waals surface area contributed by atoms with Gasteiger partial charge < -0.3 is 31.0 Å². The summed E-state index contributed by atoms with van der Waals surface area (Å²) >= 11 is 1.27. The number of aliphatic carboxylic acids is 1. The average Bonchev–Trinajstić information content (AvgIpc) is 3.72. The number of thioether (sulfide) groups is 1. The molecule has 1 aromatic heterocycles. The number of amides is 4. The van der Waals surface area contributed by atoms with Gasteiger partial charge in [0.15, 0.2) is 0 Å². The number of aromatic hydroxyl groups is 1. The number of nitrogens with one attached hydrogen (secondary N) is 2. The first-order valence-electron chi connectivity index (χ1n) is 11.7. The maximum absolute atomic E-state index is 13.7. The summed E-state index contributed by atoms with van der Waals surface area (Å²) in [5.41, 5.74) is 5.12. The van der Waals surface area contributed by atoms with E-state index >= 15 is 0 Å². The Morgan fingerprint density at radius 1 is 1.26 bits per heavy atom. The van der Waals surface area contributed by atoms with Gasteiger partial charge >= 0.3 is 35.6 Å². The number of phenols is 1. The molecule has 1 aliphatic carbocycles. The van der Waals surface area contributed by atoms with Crippen LogP contribution in [-0.2, 0) is 14.4 Å². The number of fused-ring (bicyclic) bond motifs is 1. The van der Waals surface area contributed by atoms with Crippen molar-refractivity contribution < 1.29 is 58.9 Å². The number of carboxylic acid groups (broad SMARTS) is 1. The zero-order valence-corrected chi connectivity index (χ0v) is 23.9. The number of aromatic amines is 1. The fourth-order valence-corrected chi connectivity index (χ4v) is 5.88. The number of carbonyl (C=O) groups excluding carboxylic acids is 4. The molecule has 3 aliphatic rings. The third-order valence-electron chi connectivity index (χ3n) is 6.63. The van der Waals surface area contributed by atoms with Gasteiger partial charge in [-0.15, -0.1) is 11.8 Å². The standard InChI is InChI=1S/C24H24N6O7S.Na/c1-10-9-38-22-15(21(34)30(22)16(10)23(35)36)27-20(33)17(11-4-6-13(31)7-5-11)29(24(25)37)14-8-26-18(12-2-3-12)28-19(14)32;/h4-8,12,15,17,22,31H,2-3,9H2,1H3,(H2,25,37)(H,27,33)(H,35,36)(H,26,28,32);/q;+1/p-1/t15?,17?,22-;/m0./s1. The number of nitrogens with zero attached hydrogens (tertiary/aromatic N) is 3. The number of nitrogens with two attached hydrogens (primary N) is 1. The molecule has 5 rings (SSSR count). The number of β-lactam (4-membered cyclic amide) rings is 1. The molecule has 2 fully saturated rings. The number of hydrogen-bond donors (Lipinski definition) is 4. The SMILES string of the molecule is CC1=C(C(=O)[O-])N2C(=O)C(NC(=O)C(c3ccc(O)cc3)N(C(N)=O)c3cnc(C4CC4)[nH]c3=O)[C@@H]2SC1.[Na+]. The minimum Gasteiger partial charge on any atom is -0.543 e. The number of benzene rings is 1. The molecule has 2 aliphatic heterocycles. The Morgan fingerprint density at radius 2 is 1.92 bits per heavy atom. The number of carboxylic acids is 1. The van der Waals surface area contributed by atoms with Crippen LogP contribution in [0.5, 0.6) is 5.75 Å². The van der Waals surface area contributed by atoms with Crippen molar-refractivity contribution in [1.82, 2.24) is 20.2 Å². The molecule has 1 aromatic carbocycles. The van der Waals surface area contributed by atoms with E-state index in [9.17, 15) is 34.2 Å². The first-order chi connectivity index (χ1) is 18.1. The predicted octanol–water partition coefficient (Wildman–Crippen LogP) is -3.59. The molecule has 13 nitrogen and oxygen atoms in total. The molecule has 5 N–H and O–H groups in total. The van der Waals surface area contributed by atoms with Crippen molar-refractivity contribution in [3.05, 3.63) is 63.5 Å². The van der Waals surface area contributed by atoms with E-state index in [1.165, 1.54) is 42.2 Å². The van der Waals surface area contributed by atoms with Crippen LogP contribution in [0.4, 0.5) is 10.5 Å². The van der Waals surface area contributed by atoms with E-state index in [0.717, 1.165) is 22.6 Å². The molecule has 15 heteroatoms. The molecule has 198 valence electrons. The zero-order valence-electron chi connectivity index (χ0n) is 21.0. The molecule has 0 radical (unpaired) electrons. The number of rotatable bonds is 7. The van der Waals surface area contributed by atoms with Gasteiger partial charge in [-0.25, -0.2) is 9.78 Å². The molecule has 0 bridgehead atoms. The Labute approximate surface area is 248 Å².